The Morgan fingerprint density at radius 2 is 1.75 bits per heavy atom. The summed E-state index contributed by atoms with van der Waals surface area (Å²) in [5, 5.41) is 8.76. The molecule has 0 radical (unpaired) electrons. The summed E-state index contributed by atoms with van der Waals surface area (Å²) >= 11 is 2.93. The average molecular weight is 207 g/mol. The van der Waals surface area contributed by atoms with Crippen LogP contribution in [0.25, 0.3) is 0 Å². The fourth-order valence-corrected chi connectivity index (χ4v) is 1.76. The summed E-state index contributed by atoms with van der Waals surface area (Å²) in [7, 11) is 0. The second-order valence-corrected chi connectivity index (χ2v) is 4.50. The highest BCUT2D eigenvalue weighted by molar-refractivity contribution is 8.38. The number of carboxylic acid groups (broad SMARTS) is 1. The monoisotopic (exact) mass is 207 g/mol. The molecule has 0 atom stereocenters. The van der Waals surface area contributed by atoms with Gasteiger partial charge in [-0.3, -0.25) is 4.99 Å². The van der Waals surface area contributed by atoms with Gasteiger partial charge in [0.2, 0.25) is 0 Å². The molecule has 0 heterocycles. The van der Waals surface area contributed by atoms with Gasteiger partial charge in [-0.25, -0.2) is 4.79 Å². The SMILES string of the molecule is CSC(=NC(C)(C)C(=O)O)SC. The lowest BCUT2D eigenvalue weighted by Gasteiger charge is -2.14. The number of hydrogen-bond acceptors (Lipinski definition) is 4. The third-order valence-electron chi connectivity index (χ3n) is 1.24. The highest BCUT2D eigenvalue weighted by Gasteiger charge is 2.26. The van der Waals surface area contributed by atoms with E-state index in [0.717, 1.165) is 4.38 Å². The zero-order valence-corrected chi connectivity index (χ0v) is 9.25. The molecule has 0 aliphatic heterocycles. The quantitative estimate of drug-likeness (QED) is 0.555. The molecule has 0 saturated carbocycles. The molecule has 5 heteroatoms. The van der Waals surface area contributed by atoms with E-state index in [1.165, 1.54) is 23.5 Å². The van der Waals surface area contributed by atoms with Gasteiger partial charge in [-0.2, -0.15) is 0 Å². The molecule has 0 bridgehead atoms. The van der Waals surface area contributed by atoms with Crippen LogP contribution in [0.4, 0.5) is 0 Å². The van der Waals surface area contributed by atoms with Gasteiger partial charge in [-0.15, -0.1) is 23.5 Å². The summed E-state index contributed by atoms with van der Waals surface area (Å²) < 4.78 is 0.794. The van der Waals surface area contributed by atoms with E-state index in [-0.39, 0.29) is 0 Å². The molecular weight excluding hydrogens is 194 g/mol. The van der Waals surface area contributed by atoms with E-state index < -0.39 is 11.5 Å². The number of aliphatic carboxylic acids is 1. The third-order valence-corrected chi connectivity index (χ3v) is 3.12. The molecule has 0 unspecified atom stereocenters. The number of carboxylic acids is 1. The molecule has 0 rings (SSSR count). The van der Waals surface area contributed by atoms with Gasteiger partial charge in [0, 0.05) is 0 Å². The lowest BCUT2D eigenvalue weighted by molar-refractivity contribution is -0.141. The smallest absolute Gasteiger partial charge is 0.331 e. The Morgan fingerprint density at radius 1 is 1.33 bits per heavy atom. The first-order chi connectivity index (χ1) is 5.44. The Kier molecular flexibility index (Phi) is 4.70. The lowest BCUT2D eigenvalue weighted by Crippen LogP contribution is -2.29. The molecule has 1 N–H and O–H groups in total. The molecule has 0 amide bonds. The molecule has 0 saturated heterocycles. The van der Waals surface area contributed by atoms with Crippen molar-refractivity contribution in [1.29, 1.82) is 0 Å². The highest BCUT2D eigenvalue weighted by atomic mass is 32.2. The van der Waals surface area contributed by atoms with Crippen LogP contribution in [-0.2, 0) is 4.79 Å². The van der Waals surface area contributed by atoms with Crippen molar-refractivity contribution in [2.45, 2.75) is 19.4 Å². The van der Waals surface area contributed by atoms with E-state index >= 15 is 0 Å². The molecule has 0 aliphatic carbocycles. The Bertz CT molecular complexity index is 196. The minimum absolute atomic E-state index is 0.794. The highest BCUT2D eigenvalue weighted by Crippen LogP contribution is 2.18. The summed E-state index contributed by atoms with van der Waals surface area (Å²) in [5.74, 6) is -0.900. The lowest BCUT2D eigenvalue weighted by atomic mass is 10.1. The molecule has 0 aromatic heterocycles. The molecule has 0 aliphatic rings. The maximum atomic E-state index is 10.7. The number of nitrogens with zero attached hydrogens (tertiary/aromatic N) is 1. The first kappa shape index (κ1) is 11.8. The van der Waals surface area contributed by atoms with Crippen molar-refractivity contribution < 1.29 is 9.90 Å². The summed E-state index contributed by atoms with van der Waals surface area (Å²) in [4.78, 5) is 14.8. The van der Waals surface area contributed by atoms with E-state index in [9.17, 15) is 4.79 Å². The Hall–Kier alpha value is -0.160. The minimum Gasteiger partial charge on any atom is -0.479 e. The maximum Gasteiger partial charge on any atom is 0.331 e. The van der Waals surface area contributed by atoms with Gasteiger partial charge in [0.05, 0.1) is 0 Å². The second kappa shape index (κ2) is 4.77. The van der Waals surface area contributed by atoms with E-state index in [1.807, 2.05) is 12.5 Å². The van der Waals surface area contributed by atoms with Crippen molar-refractivity contribution in [2.24, 2.45) is 4.99 Å². The zero-order chi connectivity index (χ0) is 9.78. The minimum atomic E-state index is -1.01. The summed E-state index contributed by atoms with van der Waals surface area (Å²) in [6.07, 6.45) is 3.76. The predicted octanol–water partition coefficient (Wildman–Crippen LogP) is 1.93. The molecule has 0 aromatic carbocycles. The standard InChI is InChI=1S/C7H13NO2S2/c1-7(2,5(9)10)8-6(11-3)12-4/h1-4H3,(H,9,10). The van der Waals surface area contributed by atoms with Crippen LogP contribution < -0.4 is 0 Å². The van der Waals surface area contributed by atoms with Crippen LogP contribution in [0, 0.1) is 0 Å². The van der Waals surface area contributed by atoms with E-state index in [4.69, 9.17) is 5.11 Å². The van der Waals surface area contributed by atoms with E-state index in [2.05, 4.69) is 4.99 Å². The number of rotatable bonds is 2. The molecule has 0 fully saturated rings. The van der Waals surface area contributed by atoms with Crippen molar-refractivity contribution in [2.75, 3.05) is 12.5 Å². The van der Waals surface area contributed by atoms with Crippen LogP contribution in [0.3, 0.4) is 0 Å². The van der Waals surface area contributed by atoms with Crippen molar-refractivity contribution in [3.05, 3.63) is 0 Å². The Morgan fingerprint density at radius 3 is 2.00 bits per heavy atom. The van der Waals surface area contributed by atoms with Crippen LogP contribution in [0.5, 0.6) is 0 Å². The van der Waals surface area contributed by atoms with Crippen LogP contribution in [0.15, 0.2) is 4.99 Å². The van der Waals surface area contributed by atoms with Crippen LogP contribution in [0.2, 0.25) is 0 Å². The average Bonchev–Trinajstić information content (AvgIpc) is 2.00. The number of aliphatic imine (C=N–C) groups is 1. The fraction of sp³-hybridized carbons (Fsp3) is 0.714. The van der Waals surface area contributed by atoms with Crippen molar-refractivity contribution in [3.63, 3.8) is 0 Å². The fourth-order valence-electron chi connectivity index (χ4n) is 0.451. The normalized spacial score (nSPS) is 11.0. The summed E-state index contributed by atoms with van der Waals surface area (Å²) in [6.45, 7) is 3.17. The topological polar surface area (TPSA) is 49.7 Å². The van der Waals surface area contributed by atoms with E-state index in [1.54, 1.807) is 13.8 Å². The first-order valence-electron chi connectivity index (χ1n) is 3.35. The van der Waals surface area contributed by atoms with Crippen molar-refractivity contribution >= 4 is 33.9 Å². The first-order valence-corrected chi connectivity index (χ1v) is 5.80. The van der Waals surface area contributed by atoms with Gasteiger partial charge >= 0.3 is 5.97 Å². The van der Waals surface area contributed by atoms with Crippen LogP contribution in [-0.4, -0.2) is 33.5 Å². The largest absolute Gasteiger partial charge is 0.479 e. The van der Waals surface area contributed by atoms with Gasteiger partial charge < -0.3 is 5.11 Å². The van der Waals surface area contributed by atoms with Gasteiger partial charge in [-0.05, 0) is 26.4 Å². The van der Waals surface area contributed by atoms with E-state index in [0.29, 0.717) is 0 Å². The Balaban J connectivity index is 4.57. The van der Waals surface area contributed by atoms with Gasteiger partial charge in [0.15, 0.2) is 5.54 Å². The molecular formula is C7H13NO2S2. The zero-order valence-electron chi connectivity index (χ0n) is 7.62. The molecule has 3 nitrogen and oxygen atoms in total. The third kappa shape index (κ3) is 3.49. The summed E-state index contributed by atoms with van der Waals surface area (Å²) in [6, 6.07) is 0. The van der Waals surface area contributed by atoms with Gasteiger partial charge in [0.1, 0.15) is 4.38 Å². The van der Waals surface area contributed by atoms with Crippen LogP contribution in [0.1, 0.15) is 13.8 Å². The van der Waals surface area contributed by atoms with Crippen LogP contribution >= 0.6 is 23.5 Å². The van der Waals surface area contributed by atoms with Crippen molar-refractivity contribution in [3.8, 4) is 0 Å². The van der Waals surface area contributed by atoms with Crippen molar-refractivity contribution in [1.82, 2.24) is 0 Å². The molecule has 12 heavy (non-hydrogen) atoms. The number of thioether (sulfide) groups is 2. The maximum absolute atomic E-state index is 10.7. The molecule has 0 aromatic rings. The Labute approximate surface area is 81.0 Å². The molecule has 0 spiro atoms. The van der Waals surface area contributed by atoms with Gasteiger partial charge in [0.25, 0.3) is 0 Å². The summed E-state index contributed by atoms with van der Waals surface area (Å²) in [5.41, 5.74) is -1.01. The second-order valence-electron chi connectivity index (χ2n) is 2.65. The number of hydrogen-bond donors (Lipinski definition) is 1. The predicted molar refractivity (Wildman–Crippen MR) is 56.2 cm³/mol. The van der Waals surface area contributed by atoms with Gasteiger partial charge in [-0.1, -0.05) is 0 Å². The molecule has 70 valence electrons. The number of carbonyl (C=O) groups is 1.